The Kier molecular flexibility index (Phi) is 4.87. The molecule has 0 aliphatic carbocycles. The summed E-state index contributed by atoms with van der Waals surface area (Å²) < 4.78 is 32.8. The van der Waals surface area contributed by atoms with Gasteiger partial charge in [0.05, 0.1) is 6.61 Å². The summed E-state index contributed by atoms with van der Waals surface area (Å²) in [6.07, 6.45) is 0. The molecule has 0 amide bonds. The number of sulfonamides is 1. The van der Waals surface area contributed by atoms with E-state index >= 15 is 0 Å². The van der Waals surface area contributed by atoms with Crippen molar-refractivity contribution in [2.75, 3.05) is 17.6 Å². The van der Waals surface area contributed by atoms with Gasteiger partial charge < -0.3 is 10.5 Å². The first kappa shape index (κ1) is 15.8. The largest absolute Gasteiger partial charge is 0.399 e. The molecule has 2 rings (SSSR count). The van der Waals surface area contributed by atoms with Crippen molar-refractivity contribution in [2.45, 2.75) is 11.5 Å². The van der Waals surface area contributed by atoms with Crippen LogP contribution in [0.25, 0.3) is 0 Å². The second-order valence-electron chi connectivity index (χ2n) is 4.43. The van der Waals surface area contributed by atoms with Crippen LogP contribution in [0.4, 0.5) is 11.4 Å². The van der Waals surface area contributed by atoms with E-state index in [1.54, 1.807) is 37.4 Å². The molecular weight excluding hydrogens is 356 g/mol. The van der Waals surface area contributed by atoms with Crippen molar-refractivity contribution in [1.29, 1.82) is 0 Å². The molecule has 0 fully saturated rings. The number of nitrogens with one attached hydrogen (secondary N) is 1. The molecule has 0 unspecified atom stereocenters. The minimum atomic E-state index is -3.69. The monoisotopic (exact) mass is 370 g/mol. The molecule has 0 aliphatic rings. The van der Waals surface area contributed by atoms with Gasteiger partial charge >= 0.3 is 0 Å². The maximum atomic E-state index is 12.4. The number of nitrogen functional groups attached to an aromatic ring is 1. The molecule has 0 saturated carbocycles. The van der Waals surface area contributed by atoms with Crippen LogP contribution in [0.5, 0.6) is 0 Å². The van der Waals surface area contributed by atoms with Gasteiger partial charge in [0, 0.05) is 23.0 Å². The number of nitrogens with two attached hydrogens (primary N) is 1. The van der Waals surface area contributed by atoms with Gasteiger partial charge in [-0.15, -0.1) is 0 Å². The van der Waals surface area contributed by atoms with E-state index < -0.39 is 10.0 Å². The Balaban J connectivity index is 2.31. The molecule has 2 aromatic carbocycles. The third-order valence-corrected chi connectivity index (χ3v) is 5.09. The molecule has 7 heteroatoms. The number of anilines is 2. The smallest absolute Gasteiger partial charge is 0.263 e. The van der Waals surface area contributed by atoms with Crippen LogP contribution in [-0.2, 0) is 21.4 Å². The fourth-order valence-corrected chi connectivity index (χ4v) is 3.98. The number of halogens is 1. The van der Waals surface area contributed by atoms with Crippen molar-refractivity contribution >= 4 is 37.3 Å². The summed E-state index contributed by atoms with van der Waals surface area (Å²) in [6.45, 7) is 0.418. The van der Waals surface area contributed by atoms with Gasteiger partial charge in [-0.05, 0) is 51.8 Å². The molecule has 0 heterocycles. The summed E-state index contributed by atoms with van der Waals surface area (Å²) in [5.74, 6) is 0. The van der Waals surface area contributed by atoms with Crippen molar-refractivity contribution < 1.29 is 13.2 Å². The van der Waals surface area contributed by atoms with Crippen LogP contribution in [0, 0.1) is 0 Å². The maximum Gasteiger partial charge on any atom is 0.263 e. The Morgan fingerprint density at radius 3 is 2.67 bits per heavy atom. The molecule has 0 atom stereocenters. The Labute approximate surface area is 132 Å². The Hall–Kier alpha value is -1.57. The molecule has 0 saturated heterocycles. The molecular formula is C14H15BrN2O3S. The molecule has 0 radical (unpaired) electrons. The third-order valence-electron chi connectivity index (χ3n) is 2.74. The lowest BCUT2D eigenvalue weighted by atomic mass is 10.2. The Morgan fingerprint density at radius 1 is 1.24 bits per heavy atom. The van der Waals surface area contributed by atoms with Crippen LogP contribution in [0.1, 0.15) is 5.56 Å². The topological polar surface area (TPSA) is 81.4 Å². The quantitative estimate of drug-likeness (QED) is 0.792. The highest BCUT2D eigenvalue weighted by atomic mass is 79.9. The number of rotatable bonds is 5. The van der Waals surface area contributed by atoms with E-state index in [1.807, 2.05) is 6.07 Å². The summed E-state index contributed by atoms with van der Waals surface area (Å²) in [4.78, 5) is 0.133. The minimum absolute atomic E-state index is 0.133. The summed E-state index contributed by atoms with van der Waals surface area (Å²) >= 11 is 3.22. The lowest BCUT2D eigenvalue weighted by molar-refractivity contribution is 0.185. The van der Waals surface area contributed by atoms with E-state index in [0.29, 0.717) is 22.5 Å². The van der Waals surface area contributed by atoms with Crippen molar-refractivity contribution in [3.05, 3.63) is 52.5 Å². The molecule has 0 aromatic heterocycles. The van der Waals surface area contributed by atoms with Crippen LogP contribution >= 0.6 is 15.9 Å². The maximum absolute atomic E-state index is 12.4. The third kappa shape index (κ3) is 3.96. The van der Waals surface area contributed by atoms with E-state index in [4.69, 9.17) is 10.5 Å². The second-order valence-corrected chi connectivity index (χ2v) is 6.93. The predicted octanol–water partition coefficient (Wildman–Crippen LogP) is 2.98. The number of hydrogen-bond acceptors (Lipinski definition) is 4. The lowest BCUT2D eigenvalue weighted by Gasteiger charge is -2.11. The number of methoxy groups -OCH3 is 1. The van der Waals surface area contributed by atoms with Gasteiger partial charge in [-0.2, -0.15) is 0 Å². The van der Waals surface area contributed by atoms with Crippen molar-refractivity contribution in [1.82, 2.24) is 0 Å². The van der Waals surface area contributed by atoms with Crippen LogP contribution in [0.3, 0.4) is 0 Å². The zero-order valence-electron chi connectivity index (χ0n) is 11.3. The normalized spacial score (nSPS) is 11.3. The lowest BCUT2D eigenvalue weighted by Crippen LogP contribution is -2.13. The predicted molar refractivity (Wildman–Crippen MR) is 86.5 cm³/mol. The minimum Gasteiger partial charge on any atom is -0.399 e. The van der Waals surface area contributed by atoms with Crippen molar-refractivity contribution in [3.63, 3.8) is 0 Å². The van der Waals surface area contributed by atoms with E-state index in [0.717, 1.165) is 5.56 Å². The van der Waals surface area contributed by atoms with Gasteiger partial charge in [-0.1, -0.05) is 12.1 Å². The Morgan fingerprint density at radius 2 is 2.00 bits per heavy atom. The zero-order chi connectivity index (χ0) is 15.5. The molecule has 21 heavy (non-hydrogen) atoms. The fraction of sp³-hybridized carbons (Fsp3) is 0.143. The fourth-order valence-electron chi connectivity index (χ4n) is 1.84. The van der Waals surface area contributed by atoms with Gasteiger partial charge in [0.1, 0.15) is 4.90 Å². The highest BCUT2D eigenvalue weighted by Gasteiger charge is 2.17. The van der Waals surface area contributed by atoms with E-state index in [9.17, 15) is 8.42 Å². The van der Waals surface area contributed by atoms with Crippen LogP contribution < -0.4 is 10.5 Å². The van der Waals surface area contributed by atoms with Gasteiger partial charge in [0.15, 0.2) is 0 Å². The molecule has 0 spiro atoms. The van der Waals surface area contributed by atoms with E-state index in [2.05, 4.69) is 20.7 Å². The number of benzene rings is 2. The second kappa shape index (κ2) is 6.46. The first-order valence-electron chi connectivity index (χ1n) is 6.08. The SMILES string of the molecule is COCc1cccc(NS(=O)(=O)c2ccc(N)cc2Br)c1. The van der Waals surface area contributed by atoms with Gasteiger partial charge in [0.25, 0.3) is 10.0 Å². The zero-order valence-corrected chi connectivity index (χ0v) is 13.7. The first-order chi connectivity index (χ1) is 9.92. The first-order valence-corrected chi connectivity index (χ1v) is 8.36. The summed E-state index contributed by atoms with van der Waals surface area (Å²) in [7, 11) is -2.10. The van der Waals surface area contributed by atoms with E-state index in [1.165, 1.54) is 6.07 Å². The van der Waals surface area contributed by atoms with Gasteiger partial charge in [-0.3, -0.25) is 4.72 Å². The summed E-state index contributed by atoms with van der Waals surface area (Å²) in [5, 5.41) is 0. The van der Waals surface area contributed by atoms with Crippen LogP contribution in [0.15, 0.2) is 51.8 Å². The van der Waals surface area contributed by atoms with Crippen LogP contribution in [0.2, 0.25) is 0 Å². The standard InChI is InChI=1S/C14H15BrN2O3S/c1-20-9-10-3-2-4-12(7-10)17-21(18,19)14-6-5-11(16)8-13(14)15/h2-8,17H,9,16H2,1H3. The van der Waals surface area contributed by atoms with Crippen LogP contribution in [-0.4, -0.2) is 15.5 Å². The van der Waals surface area contributed by atoms with Gasteiger partial charge in [0.2, 0.25) is 0 Å². The highest BCUT2D eigenvalue weighted by molar-refractivity contribution is 9.10. The molecule has 112 valence electrons. The van der Waals surface area contributed by atoms with Crippen molar-refractivity contribution in [3.8, 4) is 0 Å². The van der Waals surface area contributed by atoms with Gasteiger partial charge in [-0.25, -0.2) is 8.42 Å². The average Bonchev–Trinajstić information content (AvgIpc) is 2.38. The molecule has 2 aromatic rings. The van der Waals surface area contributed by atoms with E-state index in [-0.39, 0.29) is 4.90 Å². The average molecular weight is 371 g/mol. The molecule has 3 N–H and O–H groups in total. The molecule has 0 aliphatic heterocycles. The summed E-state index contributed by atoms with van der Waals surface area (Å²) in [5.41, 5.74) is 7.47. The number of ether oxygens (including phenoxy) is 1. The molecule has 5 nitrogen and oxygen atoms in total. The molecule has 0 bridgehead atoms. The Bertz CT molecular complexity index is 748. The highest BCUT2D eigenvalue weighted by Crippen LogP contribution is 2.26. The van der Waals surface area contributed by atoms with Crippen molar-refractivity contribution in [2.24, 2.45) is 0 Å². The number of hydrogen-bond donors (Lipinski definition) is 2. The summed E-state index contributed by atoms with van der Waals surface area (Å²) in [6, 6.07) is 11.6.